The minimum atomic E-state index is -0.524. The second-order valence-corrected chi connectivity index (χ2v) is 17.6. The van der Waals surface area contributed by atoms with E-state index in [1.165, 1.54) is 12.8 Å². The fourth-order valence-electron chi connectivity index (χ4n) is 6.97. The molecular formula is C34H66N4O4. The van der Waals surface area contributed by atoms with Gasteiger partial charge in [0.25, 0.3) is 0 Å². The highest BCUT2D eigenvalue weighted by atomic mass is 16.7. The Morgan fingerprint density at radius 1 is 0.571 bits per heavy atom. The Bertz CT molecular complexity index is 803. The number of rotatable bonds is 11. The molecule has 0 saturated carbocycles. The van der Waals surface area contributed by atoms with Crippen LogP contribution in [0.2, 0.25) is 0 Å². The van der Waals surface area contributed by atoms with Crippen molar-refractivity contribution < 1.29 is 19.3 Å². The molecule has 0 aromatic rings. The topological polar surface area (TPSA) is 83.1 Å². The van der Waals surface area contributed by atoms with Crippen LogP contribution < -0.4 is 10.6 Å². The largest absolute Gasteiger partial charge is 0.366 e. The molecule has 2 N–H and O–H groups in total. The zero-order valence-electron chi connectivity index (χ0n) is 29.8. The number of carbonyl (C=O) groups is 2. The highest BCUT2D eigenvalue weighted by molar-refractivity contribution is 5.75. The number of hydroxylamine groups is 4. The maximum absolute atomic E-state index is 12.6. The summed E-state index contributed by atoms with van der Waals surface area (Å²) in [5.41, 5.74) is -1.99. The Morgan fingerprint density at radius 2 is 0.833 bits per heavy atom. The van der Waals surface area contributed by atoms with Gasteiger partial charge in [-0.15, -0.1) is 10.1 Å². The van der Waals surface area contributed by atoms with Crippen LogP contribution in [0.4, 0.5) is 0 Å². The lowest BCUT2D eigenvalue weighted by Gasteiger charge is -2.53. The molecule has 0 aromatic carbocycles. The maximum atomic E-state index is 12.6. The number of piperidine rings is 2. The van der Waals surface area contributed by atoms with E-state index < -0.39 is 10.8 Å². The minimum absolute atomic E-state index is 0.177. The van der Waals surface area contributed by atoms with Crippen LogP contribution in [0.3, 0.4) is 0 Å². The van der Waals surface area contributed by atoms with Gasteiger partial charge in [0, 0.05) is 12.1 Å². The molecule has 42 heavy (non-hydrogen) atoms. The van der Waals surface area contributed by atoms with Crippen molar-refractivity contribution >= 4 is 11.9 Å². The van der Waals surface area contributed by atoms with Gasteiger partial charge < -0.3 is 20.3 Å². The summed E-state index contributed by atoms with van der Waals surface area (Å²) in [6.45, 7) is 30.9. The Hall–Kier alpha value is -1.22. The standard InChI is InChI=1S/C34H66N4O4/c1-29(2,3)27(39)41-37-31(7,8)21-25(22-32(37,9)10)35-19-17-15-16-18-20-36-26-23-33(11,12)38(34(13,14)24-26)42-28(40)30(4,5)6/h25-26,35-36H,15-24H2,1-14H3. The second kappa shape index (κ2) is 13.4. The molecule has 2 rings (SSSR count). The molecule has 2 fully saturated rings. The second-order valence-electron chi connectivity index (χ2n) is 17.6. The van der Waals surface area contributed by atoms with E-state index in [2.05, 4.69) is 66.0 Å². The third-order valence-electron chi connectivity index (χ3n) is 8.73. The van der Waals surface area contributed by atoms with E-state index in [-0.39, 0.29) is 34.1 Å². The SMILES string of the molecule is CC(C)(C)C(=O)ON1C(C)(C)CC(NCCCCCCNC2CC(C)(C)N(OC(=O)C(C)(C)C)C(C)(C)C2)CC1(C)C. The number of nitrogens with zero attached hydrogens (tertiary/aromatic N) is 2. The van der Waals surface area contributed by atoms with E-state index in [1.54, 1.807) is 0 Å². The van der Waals surface area contributed by atoms with Gasteiger partial charge in [0.1, 0.15) is 0 Å². The Labute approximate surface area is 258 Å². The lowest BCUT2D eigenvalue weighted by atomic mass is 9.79. The van der Waals surface area contributed by atoms with E-state index in [0.29, 0.717) is 12.1 Å². The van der Waals surface area contributed by atoms with Crippen molar-refractivity contribution in [2.24, 2.45) is 10.8 Å². The van der Waals surface area contributed by atoms with Gasteiger partial charge in [0.15, 0.2) is 0 Å². The fourth-order valence-corrected chi connectivity index (χ4v) is 6.97. The number of hydrogen-bond donors (Lipinski definition) is 2. The number of hydrogen-bond acceptors (Lipinski definition) is 8. The molecule has 0 atom stereocenters. The molecule has 2 aliphatic rings. The first kappa shape index (κ1) is 37.0. The average molecular weight is 595 g/mol. The molecular weight excluding hydrogens is 528 g/mol. The predicted octanol–water partition coefficient (Wildman–Crippen LogP) is 6.78. The van der Waals surface area contributed by atoms with Gasteiger partial charge in [-0.2, -0.15) is 0 Å². The van der Waals surface area contributed by atoms with Crippen molar-refractivity contribution in [1.82, 2.24) is 20.8 Å². The molecule has 2 saturated heterocycles. The van der Waals surface area contributed by atoms with Crippen molar-refractivity contribution in [3.05, 3.63) is 0 Å². The summed E-state index contributed by atoms with van der Waals surface area (Å²) in [6, 6.07) is 0.808. The van der Waals surface area contributed by atoms with Gasteiger partial charge in [-0.05, 0) is 149 Å². The average Bonchev–Trinajstić information content (AvgIpc) is 2.77. The van der Waals surface area contributed by atoms with Gasteiger partial charge in [-0.3, -0.25) is 0 Å². The van der Waals surface area contributed by atoms with E-state index >= 15 is 0 Å². The summed E-state index contributed by atoms with van der Waals surface area (Å²) >= 11 is 0. The quantitative estimate of drug-likeness (QED) is 0.253. The van der Waals surface area contributed by atoms with E-state index in [9.17, 15) is 9.59 Å². The van der Waals surface area contributed by atoms with Gasteiger partial charge in [-0.1, -0.05) is 12.8 Å². The van der Waals surface area contributed by atoms with Crippen LogP contribution in [-0.2, 0) is 19.3 Å². The van der Waals surface area contributed by atoms with E-state index in [4.69, 9.17) is 9.68 Å². The third-order valence-corrected chi connectivity index (χ3v) is 8.73. The van der Waals surface area contributed by atoms with Crippen molar-refractivity contribution in [2.75, 3.05) is 13.1 Å². The highest BCUT2D eigenvalue weighted by Gasteiger charge is 2.50. The van der Waals surface area contributed by atoms with Gasteiger partial charge in [0.05, 0.1) is 33.0 Å². The van der Waals surface area contributed by atoms with Gasteiger partial charge >= 0.3 is 11.9 Å². The predicted molar refractivity (Wildman–Crippen MR) is 172 cm³/mol. The lowest BCUT2D eigenvalue weighted by Crippen LogP contribution is -2.64. The molecule has 0 bridgehead atoms. The van der Waals surface area contributed by atoms with Crippen LogP contribution in [0.25, 0.3) is 0 Å². The first-order chi connectivity index (χ1) is 18.9. The van der Waals surface area contributed by atoms with Crippen molar-refractivity contribution in [3.8, 4) is 0 Å². The summed E-state index contributed by atoms with van der Waals surface area (Å²) < 4.78 is 0. The first-order valence-electron chi connectivity index (χ1n) is 16.4. The zero-order valence-corrected chi connectivity index (χ0v) is 29.8. The summed E-state index contributed by atoms with van der Waals surface area (Å²) in [5, 5.41) is 11.5. The summed E-state index contributed by atoms with van der Waals surface area (Å²) in [7, 11) is 0. The molecule has 0 aliphatic carbocycles. The lowest BCUT2D eigenvalue weighted by molar-refractivity contribution is -0.274. The van der Waals surface area contributed by atoms with Crippen molar-refractivity contribution in [1.29, 1.82) is 0 Å². The molecule has 0 radical (unpaired) electrons. The summed E-state index contributed by atoms with van der Waals surface area (Å²) in [6.07, 6.45) is 8.52. The van der Waals surface area contributed by atoms with E-state index in [0.717, 1.165) is 51.6 Å². The molecule has 0 spiro atoms. The van der Waals surface area contributed by atoms with Crippen LogP contribution in [0.1, 0.15) is 148 Å². The Kier molecular flexibility index (Phi) is 11.8. The molecule has 0 aromatic heterocycles. The Balaban J connectivity index is 1.71. The van der Waals surface area contributed by atoms with Crippen LogP contribution in [-0.4, -0.2) is 69.4 Å². The smallest absolute Gasteiger partial charge is 0.330 e. The third kappa shape index (κ3) is 10.2. The molecule has 8 nitrogen and oxygen atoms in total. The molecule has 8 heteroatoms. The van der Waals surface area contributed by atoms with Crippen LogP contribution >= 0.6 is 0 Å². The minimum Gasteiger partial charge on any atom is -0.366 e. The summed E-state index contributed by atoms with van der Waals surface area (Å²) in [4.78, 5) is 37.2. The fraction of sp³-hybridized carbons (Fsp3) is 0.941. The number of unbranched alkanes of at least 4 members (excludes halogenated alkanes) is 3. The maximum Gasteiger partial charge on any atom is 0.330 e. The zero-order chi connectivity index (χ0) is 32.4. The normalized spacial score (nSPS) is 23.5. The molecule has 0 unspecified atom stereocenters. The van der Waals surface area contributed by atoms with Crippen LogP contribution in [0.5, 0.6) is 0 Å². The van der Waals surface area contributed by atoms with Crippen LogP contribution in [0.15, 0.2) is 0 Å². The van der Waals surface area contributed by atoms with Gasteiger partial charge in [-0.25, -0.2) is 9.59 Å². The van der Waals surface area contributed by atoms with Gasteiger partial charge in [0.2, 0.25) is 0 Å². The highest BCUT2D eigenvalue weighted by Crippen LogP contribution is 2.41. The summed E-state index contributed by atoms with van der Waals surface area (Å²) in [5.74, 6) is -0.354. The molecule has 2 heterocycles. The molecule has 246 valence electrons. The molecule has 0 amide bonds. The van der Waals surface area contributed by atoms with Crippen molar-refractivity contribution in [2.45, 2.75) is 183 Å². The van der Waals surface area contributed by atoms with Crippen molar-refractivity contribution in [3.63, 3.8) is 0 Å². The van der Waals surface area contributed by atoms with E-state index in [1.807, 2.05) is 51.7 Å². The first-order valence-corrected chi connectivity index (χ1v) is 16.4. The van der Waals surface area contributed by atoms with Crippen LogP contribution in [0, 0.1) is 10.8 Å². The Morgan fingerprint density at radius 3 is 1.07 bits per heavy atom. The monoisotopic (exact) mass is 595 g/mol. The number of nitrogens with one attached hydrogen (secondary N) is 2. The number of carbonyl (C=O) groups excluding carboxylic acids is 2. The molecule has 2 aliphatic heterocycles.